The molecule has 6 rings (SSSR count). The van der Waals surface area contributed by atoms with E-state index in [-0.39, 0.29) is 37.8 Å². The molecule has 2 N–H and O–H groups in total. The van der Waals surface area contributed by atoms with Gasteiger partial charge in [0.15, 0.2) is 18.1 Å². The van der Waals surface area contributed by atoms with Gasteiger partial charge in [-0.25, -0.2) is 0 Å². The van der Waals surface area contributed by atoms with E-state index in [0.29, 0.717) is 29.3 Å². The number of hydrogen-bond donors (Lipinski definition) is 2. The van der Waals surface area contributed by atoms with E-state index >= 15 is 0 Å². The Balaban J connectivity index is 1.03. The average Bonchev–Trinajstić information content (AvgIpc) is 3.21. The number of esters is 1. The van der Waals surface area contributed by atoms with Crippen molar-refractivity contribution < 1.29 is 28.6 Å². The molecule has 0 atom stereocenters. The predicted octanol–water partition coefficient (Wildman–Crippen LogP) is 1.91. The maximum atomic E-state index is 12.9. The molecule has 31 heavy (non-hydrogen) atoms. The molecule has 1 aliphatic heterocycles. The summed E-state index contributed by atoms with van der Waals surface area (Å²) in [6.45, 7) is -0.0943. The summed E-state index contributed by atoms with van der Waals surface area (Å²) in [5, 5.41) is 5.47. The van der Waals surface area contributed by atoms with Crippen LogP contribution in [0.2, 0.25) is 0 Å². The Hall–Kier alpha value is -2.77. The molecule has 166 valence electrons. The third kappa shape index (κ3) is 4.20. The van der Waals surface area contributed by atoms with Gasteiger partial charge in [-0.15, -0.1) is 0 Å². The van der Waals surface area contributed by atoms with Crippen LogP contribution in [0.1, 0.15) is 44.1 Å². The molecule has 1 aromatic rings. The van der Waals surface area contributed by atoms with Gasteiger partial charge in [0.1, 0.15) is 6.54 Å². The van der Waals surface area contributed by atoms with Gasteiger partial charge in [-0.05, 0) is 74.0 Å². The molecule has 5 aliphatic rings. The second kappa shape index (κ2) is 8.05. The van der Waals surface area contributed by atoms with Crippen LogP contribution >= 0.6 is 0 Å². The van der Waals surface area contributed by atoms with Crippen molar-refractivity contribution in [3.05, 3.63) is 23.8 Å². The number of carbonyl (C=O) groups excluding carboxylic acids is 3. The van der Waals surface area contributed by atoms with E-state index < -0.39 is 11.9 Å². The lowest BCUT2D eigenvalue weighted by atomic mass is 9.49. The molecule has 4 fully saturated rings. The fourth-order valence-corrected chi connectivity index (χ4v) is 6.23. The van der Waals surface area contributed by atoms with E-state index in [1.54, 1.807) is 12.1 Å². The molecule has 1 heterocycles. The van der Waals surface area contributed by atoms with E-state index in [0.717, 1.165) is 24.8 Å². The van der Waals surface area contributed by atoms with Gasteiger partial charge in [-0.1, -0.05) is 6.07 Å². The molecule has 8 nitrogen and oxygen atoms in total. The molecule has 2 amide bonds. The molecule has 0 unspecified atom stereocenters. The van der Waals surface area contributed by atoms with Crippen LogP contribution in [0.4, 0.5) is 0 Å². The SMILES string of the molecule is O=C(COC(=O)CNC(=O)C12CC3CC(CC(C3)C1)C2)NCc1ccc2c(c1)OCO2. The fourth-order valence-electron chi connectivity index (χ4n) is 6.23. The van der Waals surface area contributed by atoms with Gasteiger partial charge in [-0.3, -0.25) is 14.4 Å². The molecule has 1 aromatic carbocycles. The molecule has 0 radical (unpaired) electrons. The molecule has 4 saturated carbocycles. The lowest BCUT2D eigenvalue weighted by molar-refractivity contribution is -0.152. The van der Waals surface area contributed by atoms with Crippen molar-refractivity contribution in [1.82, 2.24) is 10.6 Å². The Kier molecular flexibility index (Phi) is 5.24. The van der Waals surface area contributed by atoms with Crippen molar-refractivity contribution >= 4 is 17.8 Å². The van der Waals surface area contributed by atoms with Gasteiger partial charge < -0.3 is 24.8 Å². The quantitative estimate of drug-likeness (QED) is 0.643. The van der Waals surface area contributed by atoms with Gasteiger partial charge in [0.25, 0.3) is 5.91 Å². The molecular formula is C23H28N2O6. The summed E-state index contributed by atoms with van der Waals surface area (Å²) in [7, 11) is 0. The maximum absolute atomic E-state index is 12.9. The summed E-state index contributed by atoms with van der Waals surface area (Å²) < 4.78 is 15.6. The van der Waals surface area contributed by atoms with Crippen LogP contribution in [-0.2, 0) is 25.7 Å². The highest BCUT2D eigenvalue weighted by Crippen LogP contribution is 2.60. The van der Waals surface area contributed by atoms with Crippen molar-refractivity contribution in [1.29, 1.82) is 0 Å². The van der Waals surface area contributed by atoms with Crippen LogP contribution in [-0.4, -0.2) is 37.7 Å². The normalized spacial score (nSPS) is 29.5. The summed E-state index contributed by atoms with van der Waals surface area (Å²) in [6.07, 6.45) is 6.62. The van der Waals surface area contributed by atoms with Crippen LogP contribution in [0.25, 0.3) is 0 Å². The average molecular weight is 428 g/mol. The van der Waals surface area contributed by atoms with Crippen LogP contribution in [0.5, 0.6) is 11.5 Å². The zero-order valence-corrected chi connectivity index (χ0v) is 17.5. The number of amides is 2. The number of carbonyl (C=O) groups is 3. The molecule has 4 bridgehead atoms. The number of ether oxygens (including phenoxy) is 3. The fraction of sp³-hybridized carbons (Fsp3) is 0.609. The first kappa shape index (κ1) is 20.2. The molecule has 0 saturated heterocycles. The summed E-state index contributed by atoms with van der Waals surface area (Å²) in [5.74, 6) is 2.30. The van der Waals surface area contributed by atoms with E-state index in [9.17, 15) is 14.4 Å². The molecule has 4 aliphatic carbocycles. The third-order valence-corrected chi connectivity index (χ3v) is 7.20. The topological polar surface area (TPSA) is 103 Å². The zero-order chi connectivity index (χ0) is 21.4. The zero-order valence-electron chi connectivity index (χ0n) is 17.5. The summed E-state index contributed by atoms with van der Waals surface area (Å²) in [5.41, 5.74) is 0.559. The van der Waals surface area contributed by atoms with Crippen LogP contribution in [0, 0.1) is 23.2 Å². The monoisotopic (exact) mass is 428 g/mol. The Morgan fingerprint density at radius 3 is 2.35 bits per heavy atom. The van der Waals surface area contributed by atoms with E-state index in [4.69, 9.17) is 14.2 Å². The van der Waals surface area contributed by atoms with Crippen molar-refractivity contribution in [3.8, 4) is 11.5 Å². The van der Waals surface area contributed by atoms with Crippen molar-refractivity contribution in [2.45, 2.75) is 45.1 Å². The Bertz CT molecular complexity index is 863. The third-order valence-electron chi connectivity index (χ3n) is 7.20. The largest absolute Gasteiger partial charge is 0.454 e. The van der Waals surface area contributed by atoms with Gasteiger partial charge >= 0.3 is 5.97 Å². The highest BCUT2D eigenvalue weighted by Gasteiger charge is 2.54. The highest BCUT2D eigenvalue weighted by molar-refractivity contribution is 5.87. The lowest BCUT2D eigenvalue weighted by Gasteiger charge is -2.55. The predicted molar refractivity (Wildman–Crippen MR) is 109 cm³/mol. The molecule has 0 aromatic heterocycles. The summed E-state index contributed by atoms with van der Waals surface area (Å²) in [4.78, 5) is 36.9. The second-order valence-corrected chi connectivity index (χ2v) is 9.51. The van der Waals surface area contributed by atoms with E-state index in [1.165, 1.54) is 19.3 Å². The van der Waals surface area contributed by atoms with Crippen LogP contribution < -0.4 is 20.1 Å². The van der Waals surface area contributed by atoms with Crippen molar-refractivity contribution in [2.24, 2.45) is 23.2 Å². The van der Waals surface area contributed by atoms with Gasteiger partial charge in [0, 0.05) is 12.0 Å². The standard InChI is InChI=1S/C23H28N2O6/c26-20(24-10-14-1-2-18-19(6-14)31-13-30-18)12-29-21(27)11-25-22(28)23-7-15-3-16(8-23)5-17(4-15)9-23/h1-2,6,15-17H,3-5,7-13H2,(H,24,26)(H,25,28). The number of rotatable bonds is 7. The number of benzene rings is 1. The number of fused-ring (bicyclic) bond motifs is 1. The minimum atomic E-state index is -0.601. The Labute approximate surface area is 181 Å². The highest BCUT2D eigenvalue weighted by atomic mass is 16.7. The molecular weight excluding hydrogens is 400 g/mol. The smallest absolute Gasteiger partial charge is 0.325 e. The summed E-state index contributed by atoms with van der Waals surface area (Å²) >= 11 is 0. The first-order valence-electron chi connectivity index (χ1n) is 11.1. The van der Waals surface area contributed by atoms with Gasteiger partial charge in [-0.2, -0.15) is 0 Å². The minimum Gasteiger partial charge on any atom is -0.454 e. The van der Waals surface area contributed by atoms with Crippen LogP contribution in [0.15, 0.2) is 18.2 Å². The molecule has 0 spiro atoms. The van der Waals surface area contributed by atoms with E-state index in [1.807, 2.05) is 6.07 Å². The molecule has 8 heteroatoms. The van der Waals surface area contributed by atoms with Crippen molar-refractivity contribution in [3.63, 3.8) is 0 Å². The number of hydrogen-bond acceptors (Lipinski definition) is 6. The Morgan fingerprint density at radius 2 is 1.65 bits per heavy atom. The van der Waals surface area contributed by atoms with Crippen LogP contribution in [0.3, 0.4) is 0 Å². The maximum Gasteiger partial charge on any atom is 0.325 e. The second-order valence-electron chi connectivity index (χ2n) is 9.51. The van der Waals surface area contributed by atoms with Gasteiger partial charge in [0.05, 0.1) is 0 Å². The van der Waals surface area contributed by atoms with Gasteiger partial charge in [0.2, 0.25) is 12.7 Å². The Morgan fingerprint density at radius 1 is 0.968 bits per heavy atom. The van der Waals surface area contributed by atoms with E-state index in [2.05, 4.69) is 10.6 Å². The van der Waals surface area contributed by atoms with Crippen molar-refractivity contribution in [2.75, 3.05) is 19.9 Å². The first-order valence-corrected chi connectivity index (χ1v) is 11.1. The summed E-state index contributed by atoms with van der Waals surface area (Å²) in [6, 6.07) is 5.42. The number of nitrogens with one attached hydrogen (secondary N) is 2. The lowest BCUT2D eigenvalue weighted by Crippen LogP contribution is -2.54. The minimum absolute atomic E-state index is 0.0178. The first-order chi connectivity index (χ1) is 15.0.